The lowest BCUT2D eigenvalue weighted by atomic mass is 10.2. The molecule has 2 N–H and O–H groups in total. The number of hydrogen-bond donors (Lipinski definition) is 2. The average molecular weight is 577 g/mol. The quantitative estimate of drug-likeness (QED) is 0.324. The fraction of sp³-hybridized carbons (Fsp3) is 0.200. The van der Waals surface area contributed by atoms with Gasteiger partial charge < -0.3 is 10.1 Å². The monoisotopic (exact) mass is 575 g/mol. The summed E-state index contributed by atoms with van der Waals surface area (Å²) in [4.78, 5) is 12.9. The number of carbonyl (C=O) groups excluding carboxylic acids is 1. The Bertz CT molecular complexity index is 1280. The van der Waals surface area contributed by atoms with Crippen molar-refractivity contribution in [1.29, 1.82) is 0 Å². The predicted octanol–water partition coefficient (Wildman–Crippen LogP) is 5.58. The van der Waals surface area contributed by atoms with E-state index in [0.717, 1.165) is 10.9 Å². The van der Waals surface area contributed by atoms with Crippen LogP contribution in [-0.4, -0.2) is 32.6 Å². The van der Waals surface area contributed by atoms with E-state index in [9.17, 15) is 13.2 Å². The first kappa shape index (κ1) is 26.7. The predicted molar refractivity (Wildman–Crippen MR) is 147 cm³/mol. The van der Waals surface area contributed by atoms with Crippen LogP contribution in [0.5, 0.6) is 5.75 Å². The minimum atomic E-state index is -3.74. The second-order valence-electron chi connectivity index (χ2n) is 7.43. The number of nitrogens with one attached hydrogen (secondary N) is 2. The van der Waals surface area contributed by atoms with E-state index < -0.39 is 15.9 Å². The van der Waals surface area contributed by atoms with Crippen LogP contribution in [0.15, 0.2) is 82.2 Å². The van der Waals surface area contributed by atoms with Crippen LogP contribution in [-0.2, 0) is 10.0 Å². The van der Waals surface area contributed by atoms with Crippen LogP contribution in [0.1, 0.15) is 30.6 Å². The molecule has 10 heteroatoms. The Hall–Kier alpha value is -2.95. The smallest absolute Gasteiger partial charge is 0.264 e. The highest BCUT2D eigenvalue weighted by Gasteiger charge is 2.23. The van der Waals surface area contributed by atoms with Crippen LogP contribution < -0.4 is 19.7 Å². The van der Waals surface area contributed by atoms with Crippen molar-refractivity contribution in [2.75, 3.05) is 22.8 Å². The van der Waals surface area contributed by atoms with E-state index >= 15 is 0 Å². The first-order valence-corrected chi connectivity index (χ1v) is 13.6. The number of para-hydroxylation sites is 1. The fourth-order valence-electron chi connectivity index (χ4n) is 3.27. The molecule has 0 radical (unpaired) electrons. The van der Waals surface area contributed by atoms with Crippen molar-refractivity contribution in [2.45, 2.75) is 25.2 Å². The number of halogens is 1. The van der Waals surface area contributed by atoms with Crippen LogP contribution in [0, 0.1) is 0 Å². The van der Waals surface area contributed by atoms with Crippen LogP contribution in [0.4, 0.5) is 11.4 Å². The van der Waals surface area contributed by atoms with Crippen molar-refractivity contribution < 1.29 is 17.9 Å². The Morgan fingerprint density at radius 1 is 1.03 bits per heavy atom. The molecular weight excluding hydrogens is 550 g/mol. The van der Waals surface area contributed by atoms with Gasteiger partial charge in [0.05, 0.1) is 22.8 Å². The molecule has 0 unspecified atom stereocenters. The lowest BCUT2D eigenvalue weighted by molar-refractivity contribution is 0.0973. The van der Waals surface area contributed by atoms with Gasteiger partial charge in [-0.25, -0.2) is 8.42 Å². The zero-order valence-electron chi connectivity index (χ0n) is 19.3. The van der Waals surface area contributed by atoms with Crippen molar-refractivity contribution in [3.05, 3.63) is 82.8 Å². The lowest BCUT2D eigenvalue weighted by Gasteiger charge is -2.23. The molecule has 3 rings (SSSR count). The topological polar surface area (TPSA) is 87.7 Å². The number of rotatable bonds is 9. The zero-order chi connectivity index (χ0) is 25.4. The van der Waals surface area contributed by atoms with Gasteiger partial charge in [-0.2, -0.15) is 0 Å². The second kappa shape index (κ2) is 12.1. The van der Waals surface area contributed by atoms with Gasteiger partial charge in [0.25, 0.3) is 15.9 Å². The molecule has 0 bridgehead atoms. The highest BCUT2D eigenvalue weighted by molar-refractivity contribution is 9.10. The number of benzene rings is 3. The van der Waals surface area contributed by atoms with E-state index in [0.29, 0.717) is 35.8 Å². The molecule has 35 heavy (non-hydrogen) atoms. The first-order chi connectivity index (χ1) is 16.8. The summed E-state index contributed by atoms with van der Waals surface area (Å²) in [6.45, 7) is 4.54. The number of nitrogens with zero attached hydrogens (tertiary/aromatic N) is 1. The summed E-state index contributed by atoms with van der Waals surface area (Å²) in [5.74, 6) is 0.0411. The van der Waals surface area contributed by atoms with E-state index in [2.05, 4.69) is 26.6 Å². The summed E-state index contributed by atoms with van der Waals surface area (Å²) in [5.41, 5.74) is 1.48. The molecule has 1 amide bonds. The van der Waals surface area contributed by atoms with E-state index in [1.165, 1.54) is 16.4 Å². The molecule has 0 heterocycles. The summed E-state index contributed by atoms with van der Waals surface area (Å²) in [6, 6.07) is 20.3. The van der Waals surface area contributed by atoms with E-state index in [4.69, 9.17) is 17.0 Å². The van der Waals surface area contributed by atoms with Crippen molar-refractivity contribution in [3.8, 4) is 5.75 Å². The third kappa shape index (κ3) is 6.81. The molecule has 3 aromatic carbocycles. The highest BCUT2D eigenvalue weighted by atomic mass is 79.9. The molecular formula is C25H26BrN3O4S2. The molecule has 0 aliphatic carbocycles. The van der Waals surface area contributed by atoms with Crippen molar-refractivity contribution >= 4 is 60.6 Å². The third-order valence-corrected chi connectivity index (χ3v) is 7.52. The number of sulfonamides is 1. The molecule has 0 saturated heterocycles. The van der Waals surface area contributed by atoms with Gasteiger partial charge in [0.1, 0.15) is 5.75 Å². The maximum Gasteiger partial charge on any atom is 0.264 e. The molecule has 184 valence electrons. The molecule has 7 nitrogen and oxygen atoms in total. The maximum atomic E-state index is 13.1. The van der Waals surface area contributed by atoms with Gasteiger partial charge in [-0.1, -0.05) is 41.1 Å². The second-order valence-corrected chi connectivity index (χ2v) is 10.6. The Kier molecular flexibility index (Phi) is 9.25. The number of amides is 1. The SMILES string of the molecule is CCCOc1ccc(Br)cc1C(=O)NC(=S)Nc1ccc(S(=O)(=O)N(CC)c2ccccc2)cc1. The van der Waals surface area contributed by atoms with Crippen molar-refractivity contribution in [1.82, 2.24) is 5.32 Å². The number of anilines is 2. The van der Waals surface area contributed by atoms with Gasteiger partial charge in [-0.3, -0.25) is 14.4 Å². The summed E-state index contributed by atoms with van der Waals surface area (Å²) in [6.07, 6.45) is 0.810. The third-order valence-electron chi connectivity index (χ3n) is 4.91. The van der Waals surface area contributed by atoms with Crippen molar-refractivity contribution in [3.63, 3.8) is 0 Å². The van der Waals surface area contributed by atoms with Crippen LogP contribution >= 0.6 is 28.1 Å². The molecule has 0 aliphatic heterocycles. The highest BCUT2D eigenvalue weighted by Crippen LogP contribution is 2.25. The summed E-state index contributed by atoms with van der Waals surface area (Å²) in [7, 11) is -3.74. The average Bonchev–Trinajstić information content (AvgIpc) is 2.84. The van der Waals surface area contributed by atoms with Gasteiger partial charge >= 0.3 is 0 Å². The van der Waals surface area contributed by atoms with Gasteiger partial charge in [-0.05, 0) is 80.2 Å². The molecule has 0 saturated carbocycles. The zero-order valence-corrected chi connectivity index (χ0v) is 22.5. The maximum absolute atomic E-state index is 13.1. The normalized spacial score (nSPS) is 10.9. The fourth-order valence-corrected chi connectivity index (χ4v) is 5.32. The molecule has 0 aliphatic rings. The number of ether oxygens (including phenoxy) is 1. The summed E-state index contributed by atoms with van der Waals surface area (Å²) in [5, 5.41) is 5.62. The summed E-state index contributed by atoms with van der Waals surface area (Å²) >= 11 is 8.65. The Labute approximate surface area is 219 Å². The molecule has 3 aromatic rings. The molecule has 0 aromatic heterocycles. The lowest BCUT2D eigenvalue weighted by Crippen LogP contribution is -2.34. The van der Waals surface area contributed by atoms with Gasteiger partial charge in [0.15, 0.2) is 5.11 Å². The number of carbonyl (C=O) groups is 1. The minimum absolute atomic E-state index is 0.0755. The molecule has 0 fully saturated rings. The van der Waals surface area contributed by atoms with Gasteiger partial charge in [0, 0.05) is 16.7 Å². The Morgan fingerprint density at radius 3 is 2.34 bits per heavy atom. The number of thiocarbonyl (C=S) groups is 1. The molecule has 0 spiro atoms. The Morgan fingerprint density at radius 2 is 1.71 bits per heavy atom. The molecule has 0 atom stereocenters. The van der Waals surface area contributed by atoms with Crippen LogP contribution in [0.25, 0.3) is 0 Å². The van der Waals surface area contributed by atoms with Gasteiger partial charge in [-0.15, -0.1) is 0 Å². The van der Waals surface area contributed by atoms with Gasteiger partial charge in [0.2, 0.25) is 0 Å². The van der Waals surface area contributed by atoms with E-state index in [-0.39, 0.29) is 10.0 Å². The van der Waals surface area contributed by atoms with E-state index in [1.54, 1.807) is 61.5 Å². The van der Waals surface area contributed by atoms with Crippen molar-refractivity contribution in [2.24, 2.45) is 0 Å². The van der Waals surface area contributed by atoms with Crippen LogP contribution in [0.2, 0.25) is 0 Å². The van der Waals surface area contributed by atoms with Crippen LogP contribution in [0.3, 0.4) is 0 Å². The number of hydrogen-bond acceptors (Lipinski definition) is 5. The first-order valence-electron chi connectivity index (χ1n) is 11.0. The van der Waals surface area contributed by atoms with E-state index in [1.807, 2.05) is 13.0 Å². The Balaban J connectivity index is 1.70. The summed E-state index contributed by atoms with van der Waals surface area (Å²) < 4.78 is 34.0. The largest absolute Gasteiger partial charge is 0.493 e. The minimum Gasteiger partial charge on any atom is -0.493 e. The standard InChI is InChI=1S/C25H26BrN3O4S2/c1-3-16-33-23-15-10-18(26)17-22(23)24(30)28-25(34)27-19-11-13-21(14-12-19)35(31,32)29(4-2)20-8-6-5-7-9-20/h5-15,17H,3-4,16H2,1-2H3,(H2,27,28,30,34).